The summed E-state index contributed by atoms with van der Waals surface area (Å²) in [7, 11) is 0. The van der Waals surface area contributed by atoms with Gasteiger partial charge in [-0.05, 0) is 37.0 Å². The quantitative estimate of drug-likeness (QED) is 0.778. The fourth-order valence-corrected chi connectivity index (χ4v) is 3.82. The number of hydrogen-bond acceptors (Lipinski definition) is 3. The van der Waals surface area contributed by atoms with Crippen molar-refractivity contribution in [2.24, 2.45) is 5.92 Å². The lowest BCUT2D eigenvalue weighted by molar-refractivity contribution is -0.128. The van der Waals surface area contributed by atoms with Crippen molar-refractivity contribution in [2.45, 2.75) is 39.3 Å². The van der Waals surface area contributed by atoms with E-state index in [1.54, 1.807) is 10.6 Å². The first-order chi connectivity index (χ1) is 13.0. The van der Waals surface area contributed by atoms with Gasteiger partial charge in [0.25, 0.3) is 5.56 Å². The highest BCUT2D eigenvalue weighted by Gasteiger charge is 2.37. The molecule has 4 rings (SSSR count). The van der Waals surface area contributed by atoms with Gasteiger partial charge in [-0.3, -0.25) is 14.2 Å². The van der Waals surface area contributed by atoms with Gasteiger partial charge in [-0.15, -0.1) is 0 Å². The van der Waals surface area contributed by atoms with E-state index in [9.17, 15) is 9.59 Å². The average molecular weight is 361 g/mol. The SMILES string of the molecule is Cc1ccc(C[C@H]2NC(=O)[C@H](C(C)C)n3c2nc2ccccc2c3=O)cc1. The lowest BCUT2D eigenvalue weighted by Crippen LogP contribution is -2.50. The molecule has 5 heteroatoms. The molecule has 5 nitrogen and oxygen atoms in total. The van der Waals surface area contributed by atoms with E-state index < -0.39 is 6.04 Å². The van der Waals surface area contributed by atoms with Gasteiger partial charge < -0.3 is 5.32 Å². The van der Waals surface area contributed by atoms with E-state index in [1.165, 1.54) is 5.56 Å². The Kier molecular flexibility index (Phi) is 4.30. The first-order valence-corrected chi connectivity index (χ1v) is 9.33. The third-order valence-electron chi connectivity index (χ3n) is 5.20. The number of aromatic nitrogens is 2. The third kappa shape index (κ3) is 3.03. The highest BCUT2D eigenvalue weighted by molar-refractivity contribution is 5.84. The molecule has 2 heterocycles. The maximum absolute atomic E-state index is 13.2. The van der Waals surface area contributed by atoms with Gasteiger partial charge in [0.15, 0.2) is 0 Å². The van der Waals surface area contributed by atoms with Crippen molar-refractivity contribution in [1.29, 1.82) is 0 Å². The molecule has 2 atom stereocenters. The molecule has 1 aliphatic rings. The van der Waals surface area contributed by atoms with Crippen LogP contribution in [0.1, 0.15) is 42.9 Å². The maximum atomic E-state index is 13.2. The van der Waals surface area contributed by atoms with Crippen molar-refractivity contribution < 1.29 is 4.79 Å². The van der Waals surface area contributed by atoms with E-state index in [4.69, 9.17) is 4.98 Å². The first kappa shape index (κ1) is 17.5. The van der Waals surface area contributed by atoms with Gasteiger partial charge in [0, 0.05) is 0 Å². The molecule has 0 spiro atoms. The Morgan fingerprint density at radius 3 is 2.48 bits per heavy atom. The number of carbonyl (C=O) groups is 1. The van der Waals surface area contributed by atoms with E-state index in [2.05, 4.69) is 29.6 Å². The number of carbonyl (C=O) groups excluding carboxylic acids is 1. The molecule has 0 saturated carbocycles. The van der Waals surface area contributed by atoms with Crippen LogP contribution in [0.25, 0.3) is 10.9 Å². The summed E-state index contributed by atoms with van der Waals surface area (Å²) in [4.78, 5) is 30.8. The number of nitrogens with one attached hydrogen (secondary N) is 1. The summed E-state index contributed by atoms with van der Waals surface area (Å²) in [5.41, 5.74) is 2.81. The van der Waals surface area contributed by atoms with Gasteiger partial charge in [0.1, 0.15) is 11.9 Å². The maximum Gasteiger partial charge on any atom is 0.262 e. The van der Waals surface area contributed by atoms with Gasteiger partial charge >= 0.3 is 0 Å². The van der Waals surface area contributed by atoms with E-state index in [-0.39, 0.29) is 23.4 Å². The van der Waals surface area contributed by atoms with Gasteiger partial charge in [-0.25, -0.2) is 4.98 Å². The zero-order valence-corrected chi connectivity index (χ0v) is 15.8. The summed E-state index contributed by atoms with van der Waals surface area (Å²) in [6, 6.07) is 14.7. The topological polar surface area (TPSA) is 64.0 Å². The Morgan fingerprint density at radius 1 is 1.07 bits per heavy atom. The summed E-state index contributed by atoms with van der Waals surface area (Å²) >= 11 is 0. The molecule has 1 aromatic heterocycles. The van der Waals surface area contributed by atoms with Crippen molar-refractivity contribution in [3.8, 4) is 0 Å². The van der Waals surface area contributed by atoms with Crippen LogP contribution in [0.15, 0.2) is 53.3 Å². The van der Waals surface area contributed by atoms with Crippen molar-refractivity contribution in [3.63, 3.8) is 0 Å². The highest BCUT2D eigenvalue weighted by atomic mass is 16.2. The van der Waals surface area contributed by atoms with Crippen LogP contribution in [-0.4, -0.2) is 15.5 Å². The zero-order chi connectivity index (χ0) is 19.1. The smallest absolute Gasteiger partial charge is 0.262 e. The molecule has 2 aromatic carbocycles. The molecular formula is C22H23N3O2. The largest absolute Gasteiger partial charge is 0.344 e. The molecule has 1 amide bonds. The molecule has 27 heavy (non-hydrogen) atoms. The van der Waals surface area contributed by atoms with Crippen molar-refractivity contribution >= 4 is 16.8 Å². The lowest BCUT2D eigenvalue weighted by atomic mass is 9.96. The molecule has 1 aliphatic heterocycles. The fraction of sp³-hybridized carbons (Fsp3) is 0.318. The van der Waals surface area contributed by atoms with Crippen LogP contribution in [-0.2, 0) is 11.2 Å². The van der Waals surface area contributed by atoms with Gasteiger partial charge in [0.2, 0.25) is 5.91 Å². The third-order valence-corrected chi connectivity index (χ3v) is 5.20. The van der Waals surface area contributed by atoms with Crippen LogP contribution in [0, 0.1) is 12.8 Å². The zero-order valence-electron chi connectivity index (χ0n) is 15.8. The molecular weight excluding hydrogens is 338 g/mol. The van der Waals surface area contributed by atoms with E-state index in [1.807, 2.05) is 39.0 Å². The van der Waals surface area contributed by atoms with Gasteiger partial charge in [0.05, 0.1) is 16.9 Å². The Hall–Kier alpha value is -2.95. The summed E-state index contributed by atoms with van der Waals surface area (Å²) in [5, 5.41) is 3.65. The van der Waals surface area contributed by atoms with Crippen LogP contribution in [0.3, 0.4) is 0 Å². The molecule has 3 aromatic rings. The van der Waals surface area contributed by atoms with Crippen molar-refractivity contribution in [3.05, 3.63) is 75.8 Å². The molecule has 0 aliphatic carbocycles. The van der Waals surface area contributed by atoms with Crippen LogP contribution < -0.4 is 10.9 Å². The summed E-state index contributed by atoms with van der Waals surface area (Å²) < 4.78 is 1.62. The average Bonchev–Trinajstić information content (AvgIpc) is 2.64. The monoisotopic (exact) mass is 361 g/mol. The fourth-order valence-electron chi connectivity index (χ4n) is 3.82. The van der Waals surface area contributed by atoms with Crippen LogP contribution >= 0.6 is 0 Å². The normalized spacial score (nSPS) is 19.2. The van der Waals surface area contributed by atoms with Crippen molar-refractivity contribution in [1.82, 2.24) is 14.9 Å². The molecule has 1 N–H and O–H groups in total. The first-order valence-electron chi connectivity index (χ1n) is 9.33. The predicted molar refractivity (Wildman–Crippen MR) is 106 cm³/mol. The minimum atomic E-state index is -0.543. The number of amides is 1. The van der Waals surface area contributed by atoms with Gasteiger partial charge in [-0.2, -0.15) is 0 Å². The Bertz CT molecular complexity index is 1070. The van der Waals surface area contributed by atoms with Crippen LogP contribution in [0.4, 0.5) is 0 Å². The number of aryl methyl sites for hydroxylation is 1. The second-order valence-electron chi connectivity index (χ2n) is 7.60. The number of nitrogens with zero attached hydrogens (tertiary/aromatic N) is 2. The Balaban J connectivity index is 1.89. The molecule has 0 unspecified atom stereocenters. The predicted octanol–water partition coefficient (Wildman–Crippen LogP) is 3.32. The van der Waals surface area contributed by atoms with E-state index in [0.29, 0.717) is 23.1 Å². The number of fused-ring (bicyclic) bond motifs is 2. The highest BCUT2D eigenvalue weighted by Crippen LogP contribution is 2.29. The molecule has 0 radical (unpaired) electrons. The van der Waals surface area contributed by atoms with E-state index in [0.717, 1.165) is 5.56 Å². The molecule has 0 bridgehead atoms. The molecule has 0 saturated heterocycles. The van der Waals surface area contributed by atoms with Gasteiger partial charge in [-0.1, -0.05) is 55.8 Å². The number of rotatable bonds is 3. The van der Waals surface area contributed by atoms with Crippen LogP contribution in [0.2, 0.25) is 0 Å². The second kappa shape index (κ2) is 6.65. The second-order valence-corrected chi connectivity index (χ2v) is 7.60. The molecule has 138 valence electrons. The van der Waals surface area contributed by atoms with Crippen LogP contribution in [0.5, 0.6) is 0 Å². The molecule has 0 fully saturated rings. The lowest BCUT2D eigenvalue weighted by Gasteiger charge is -2.34. The standard InChI is InChI=1S/C22H23N3O2/c1-13(2)19-21(26)24-18(12-15-10-8-14(3)9-11-15)20-23-17-7-5-4-6-16(17)22(27)25(19)20/h4-11,13,18-19H,12H2,1-3H3,(H,24,26)/t18-,19+/m1/s1. The Labute approximate surface area is 158 Å². The summed E-state index contributed by atoms with van der Waals surface area (Å²) in [6.07, 6.45) is 0.599. The van der Waals surface area contributed by atoms with Crippen molar-refractivity contribution in [2.75, 3.05) is 0 Å². The minimum Gasteiger partial charge on any atom is -0.344 e. The number of benzene rings is 2. The number of hydrogen-bond donors (Lipinski definition) is 1. The summed E-state index contributed by atoms with van der Waals surface area (Å²) in [5.74, 6) is 0.510. The minimum absolute atomic E-state index is 0.00950. The van der Waals surface area contributed by atoms with E-state index >= 15 is 0 Å². The Morgan fingerprint density at radius 2 is 1.78 bits per heavy atom. The number of para-hydroxylation sites is 1. The summed E-state index contributed by atoms with van der Waals surface area (Å²) in [6.45, 7) is 5.95.